The normalized spacial score (nSPS) is 17.0. The van der Waals surface area contributed by atoms with Crippen molar-refractivity contribution in [3.63, 3.8) is 0 Å². The smallest absolute Gasteiger partial charge is 0.0909 e. The van der Waals surface area contributed by atoms with Crippen molar-refractivity contribution in [3.8, 4) is 0 Å². The van der Waals surface area contributed by atoms with Gasteiger partial charge >= 0.3 is 0 Å². The lowest BCUT2D eigenvalue weighted by Gasteiger charge is -2.33. The van der Waals surface area contributed by atoms with Gasteiger partial charge in [-0.15, -0.1) is 11.3 Å². The molecule has 92 valence electrons. The Morgan fingerprint density at radius 1 is 1.50 bits per heavy atom. The quantitative estimate of drug-likeness (QED) is 0.795. The van der Waals surface area contributed by atoms with Crippen LogP contribution in [0.25, 0.3) is 0 Å². The van der Waals surface area contributed by atoms with E-state index in [0.717, 1.165) is 19.3 Å². The largest absolute Gasteiger partial charge is 0.390 e. The Labute approximate surface area is 102 Å². The van der Waals surface area contributed by atoms with E-state index in [1.807, 2.05) is 19.9 Å². The van der Waals surface area contributed by atoms with E-state index in [0.29, 0.717) is 6.61 Å². The molecule has 16 heavy (non-hydrogen) atoms. The summed E-state index contributed by atoms with van der Waals surface area (Å²) in [5.74, 6) is 0. The van der Waals surface area contributed by atoms with Crippen LogP contribution in [0.3, 0.4) is 0 Å². The van der Waals surface area contributed by atoms with Crippen molar-refractivity contribution in [1.29, 1.82) is 0 Å². The minimum Gasteiger partial charge on any atom is -0.390 e. The second-order valence-electron chi connectivity index (χ2n) is 4.23. The molecule has 0 saturated carbocycles. The Balaban J connectivity index is 2.46. The van der Waals surface area contributed by atoms with Gasteiger partial charge in [-0.3, -0.25) is 0 Å². The van der Waals surface area contributed by atoms with Gasteiger partial charge in [0.15, 0.2) is 0 Å². The fourth-order valence-corrected chi connectivity index (χ4v) is 2.53. The first kappa shape index (κ1) is 13.7. The summed E-state index contributed by atoms with van der Waals surface area (Å²) in [5, 5.41) is 12.3. The van der Waals surface area contributed by atoms with E-state index >= 15 is 0 Å². The molecule has 1 rings (SSSR count). The van der Waals surface area contributed by atoms with Crippen molar-refractivity contribution < 1.29 is 9.84 Å². The molecule has 0 aromatic carbocycles. The van der Waals surface area contributed by atoms with Crippen LogP contribution in [0, 0.1) is 0 Å². The number of aliphatic hydroxyl groups is 1. The van der Waals surface area contributed by atoms with Crippen molar-refractivity contribution in [3.05, 3.63) is 22.4 Å². The fraction of sp³-hybridized carbons (Fsp3) is 0.692. The third-order valence-electron chi connectivity index (χ3n) is 3.13. The number of rotatable bonds is 7. The van der Waals surface area contributed by atoms with E-state index in [2.05, 4.69) is 18.4 Å². The summed E-state index contributed by atoms with van der Waals surface area (Å²) in [5.41, 5.74) is -0.397. The highest BCUT2D eigenvalue weighted by Gasteiger charge is 2.31. The number of thiophene rings is 1. The Morgan fingerprint density at radius 3 is 2.75 bits per heavy atom. The molecule has 2 atom stereocenters. The van der Waals surface area contributed by atoms with Crippen LogP contribution in [0.2, 0.25) is 0 Å². The van der Waals surface area contributed by atoms with Crippen LogP contribution >= 0.6 is 11.3 Å². The Hall–Kier alpha value is -0.380. The molecule has 0 aliphatic heterocycles. The molecular formula is C13H22O2S. The van der Waals surface area contributed by atoms with Crippen molar-refractivity contribution >= 4 is 11.3 Å². The van der Waals surface area contributed by atoms with Crippen LogP contribution in [0.5, 0.6) is 0 Å². The monoisotopic (exact) mass is 242 g/mol. The maximum absolute atomic E-state index is 10.2. The molecule has 2 unspecified atom stereocenters. The average Bonchev–Trinajstić information content (AvgIpc) is 2.78. The molecule has 0 aliphatic rings. The zero-order chi connectivity index (χ0) is 12.0. The van der Waals surface area contributed by atoms with E-state index in [4.69, 9.17) is 4.74 Å². The molecule has 0 aliphatic carbocycles. The van der Waals surface area contributed by atoms with Gasteiger partial charge in [-0.2, -0.15) is 0 Å². The van der Waals surface area contributed by atoms with Crippen molar-refractivity contribution in [2.45, 2.75) is 51.7 Å². The van der Waals surface area contributed by atoms with Gasteiger partial charge in [-0.1, -0.05) is 13.0 Å². The molecule has 1 heterocycles. The van der Waals surface area contributed by atoms with Crippen LogP contribution in [-0.2, 0) is 11.2 Å². The van der Waals surface area contributed by atoms with Crippen LogP contribution in [0.1, 0.15) is 38.5 Å². The molecule has 3 heteroatoms. The van der Waals surface area contributed by atoms with Gasteiger partial charge in [0.05, 0.1) is 11.7 Å². The molecule has 1 aromatic heterocycles. The van der Waals surface area contributed by atoms with Crippen LogP contribution < -0.4 is 0 Å². The SMILES string of the molecule is CCOC(C)(CC)C(O)CCc1cccs1. The van der Waals surface area contributed by atoms with Gasteiger partial charge < -0.3 is 9.84 Å². The topological polar surface area (TPSA) is 29.5 Å². The molecular weight excluding hydrogens is 220 g/mol. The van der Waals surface area contributed by atoms with Crippen molar-refractivity contribution in [1.82, 2.24) is 0 Å². The highest BCUT2D eigenvalue weighted by molar-refractivity contribution is 7.09. The molecule has 0 radical (unpaired) electrons. The average molecular weight is 242 g/mol. The highest BCUT2D eigenvalue weighted by Crippen LogP contribution is 2.24. The molecule has 0 fully saturated rings. The van der Waals surface area contributed by atoms with Gasteiger partial charge in [-0.25, -0.2) is 0 Å². The summed E-state index contributed by atoms with van der Waals surface area (Å²) < 4.78 is 5.66. The number of aliphatic hydroxyl groups excluding tert-OH is 1. The third kappa shape index (κ3) is 3.58. The molecule has 0 spiro atoms. The Kier molecular flexibility index (Phi) is 5.46. The fourth-order valence-electron chi connectivity index (χ4n) is 1.80. The van der Waals surface area contributed by atoms with E-state index in [9.17, 15) is 5.11 Å². The van der Waals surface area contributed by atoms with Gasteiger partial charge in [-0.05, 0) is 44.6 Å². The van der Waals surface area contributed by atoms with E-state index < -0.39 is 5.60 Å². The number of aryl methyl sites for hydroxylation is 1. The summed E-state index contributed by atoms with van der Waals surface area (Å²) >= 11 is 1.74. The molecule has 0 bridgehead atoms. The van der Waals surface area contributed by atoms with Crippen molar-refractivity contribution in [2.75, 3.05) is 6.61 Å². The molecule has 0 amide bonds. The zero-order valence-electron chi connectivity index (χ0n) is 10.4. The predicted octanol–water partition coefficient (Wildman–Crippen LogP) is 3.25. The minimum absolute atomic E-state index is 0.389. The number of hydrogen-bond donors (Lipinski definition) is 1. The van der Waals surface area contributed by atoms with Gasteiger partial charge in [0.25, 0.3) is 0 Å². The summed E-state index contributed by atoms with van der Waals surface area (Å²) in [6.45, 7) is 6.68. The molecule has 0 saturated heterocycles. The summed E-state index contributed by atoms with van der Waals surface area (Å²) in [6, 6.07) is 4.16. The summed E-state index contributed by atoms with van der Waals surface area (Å²) in [4.78, 5) is 1.33. The van der Waals surface area contributed by atoms with Gasteiger partial charge in [0.1, 0.15) is 0 Å². The zero-order valence-corrected chi connectivity index (χ0v) is 11.2. The molecule has 1 aromatic rings. The second-order valence-corrected chi connectivity index (χ2v) is 5.27. The Morgan fingerprint density at radius 2 is 2.25 bits per heavy atom. The van der Waals surface area contributed by atoms with E-state index in [-0.39, 0.29) is 6.10 Å². The first-order chi connectivity index (χ1) is 7.62. The third-order valence-corrected chi connectivity index (χ3v) is 4.06. The lowest BCUT2D eigenvalue weighted by atomic mass is 9.92. The van der Waals surface area contributed by atoms with Crippen LogP contribution in [-0.4, -0.2) is 23.4 Å². The van der Waals surface area contributed by atoms with Gasteiger partial charge in [0, 0.05) is 11.5 Å². The lowest BCUT2D eigenvalue weighted by molar-refractivity contribution is -0.112. The first-order valence-electron chi connectivity index (χ1n) is 5.96. The second kappa shape index (κ2) is 6.38. The lowest BCUT2D eigenvalue weighted by Crippen LogP contribution is -2.41. The maximum Gasteiger partial charge on any atom is 0.0909 e. The first-order valence-corrected chi connectivity index (χ1v) is 6.84. The molecule has 1 N–H and O–H groups in total. The summed E-state index contributed by atoms with van der Waals surface area (Å²) in [6.07, 6.45) is 2.15. The highest BCUT2D eigenvalue weighted by atomic mass is 32.1. The van der Waals surface area contributed by atoms with Crippen molar-refractivity contribution in [2.24, 2.45) is 0 Å². The minimum atomic E-state index is -0.397. The Bertz CT molecular complexity index is 284. The molecule has 2 nitrogen and oxygen atoms in total. The van der Waals surface area contributed by atoms with Crippen LogP contribution in [0.15, 0.2) is 17.5 Å². The summed E-state index contributed by atoms with van der Waals surface area (Å²) in [7, 11) is 0. The van der Waals surface area contributed by atoms with Gasteiger partial charge in [0.2, 0.25) is 0 Å². The number of ether oxygens (including phenoxy) is 1. The predicted molar refractivity (Wildman–Crippen MR) is 69.0 cm³/mol. The van der Waals surface area contributed by atoms with Crippen LogP contribution in [0.4, 0.5) is 0 Å². The van der Waals surface area contributed by atoms with E-state index in [1.165, 1.54) is 4.88 Å². The van der Waals surface area contributed by atoms with E-state index in [1.54, 1.807) is 11.3 Å². The maximum atomic E-state index is 10.2. The standard InChI is InChI=1S/C13H22O2S/c1-4-13(3,15-5-2)12(14)9-8-11-7-6-10-16-11/h6-7,10,12,14H,4-5,8-9H2,1-3H3. The number of hydrogen-bond acceptors (Lipinski definition) is 3.